The molecule has 4 nitrogen and oxygen atoms in total. The van der Waals surface area contributed by atoms with Crippen molar-refractivity contribution in [2.45, 2.75) is 25.0 Å². The van der Waals surface area contributed by atoms with Gasteiger partial charge in [0.25, 0.3) is 0 Å². The number of likely N-dealkylation sites (tertiary alicyclic amines) is 1. The quantitative estimate of drug-likeness (QED) is 0.944. The highest BCUT2D eigenvalue weighted by molar-refractivity contribution is 5.79. The number of β-amino-alcohol motifs (C(OH)–C–C–N with tert-alkyl or cyclic N) is 1. The van der Waals surface area contributed by atoms with Crippen LogP contribution < -0.4 is 0 Å². The number of nitriles is 1. The second-order valence-corrected chi connectivity index (χ2v) is 5.99. The zero-order valence-electron chi connectivity index (χ0n) is 13.0. The molecule has 2 atom stereocenters. The topological polar surface area (TPSA) is 64.3 Å². The van der Waals surface area contributed by atoms with Crippen molar-refractivity contribution in [2.75, 3.05) is 6.54 Å². The number of carbonyl (C=O) groups excluding carboxylic acids is 1. The van der Waals surface area contributed by atoms with Crippen molar-refractivity contribution in [3.05, 3.63) is 71.0 Å². The lowest BCUT2D eigenvalue weighted by Gasteiger charge is -2.25. The molecule has 122 valence electrons. The first kappa shape index (κ1) is 16.2. The van der Waals surface area contributed by atoms with Gasteiger partial charge < -0.3 is 10.0 Å². The summed E-state index contributed by atoms with van der Waals surface area (Å²) in [7, 11) is 0. The molecule has 2 aromatic rings. The van der Waals surface area contributed by atoms with Crippen LogP contribution in [0.5, 0.6) is 0 Å². The third-order valence-corrected chi connectivity index (χ3v) is 4.27. The highest BCUT2D eigenvalue weighted by atomic mass is 19.1. The van der Waals surface area contributed by atoms with E-state index in [4.69, 9.17) is 5.26 Å². The minimum atomic E-state index is -0.608. The van der Waals surface area contributed by atoms with Gasteiger partial charge in [0.1, 0.15) is 5.82 Å². The normalized spacial score (nSPS) is 20.0. The number of amides is 1. The summed E-state index contributed by atoms with van der Waals surface area (Å²) in [5.41, 5.74) is 2.04. The highest BCUT2D eigenvalue weighted by Crippen LogP contribution is 2.33. The number of halogens is 1. The molecule has 1 fully saturated rings. The molecule has 1 heterocycles. The van der Waals surface area contributed by atoms with E-state index in [0.717, 1.165) is 5.56 Å². The van der Waals surface area contributed by atoms with E-state index in [0.29, 0.717) is 17.5 Å². The fraction of sp³-hybridized carbons (Fsp3) is 0.263. The summed E-state index contributed by atoms with van der Waals surface area (Å²) >= 11 is 0. The average molecular weight is 324 g/mol. The molecule has 1 aliphatic rings. The number of aliphatic hydroxyl groups is 1. The third-order valence-electron chi connectivity index (χ3n) is 4.27. The molecular weight excluding hydrogens is 307 g/mol. The SMILES string of the molecule is N#Cc1ccc(CC(=O)N2C[C@H](O)C[C@H]2c2cccc(F)c2)cc1. The molecule has 0 aromatic heterocycles. The molecule has 1 N–H and O–H groups in total. The Balaban J connectivity index is 1.77. The number of rotatable bonds is 3. The minimum Gasteiger partial charge on any atom is -0.391 e. The number of hydrogen-bond acceptors (Lipinski definition) is 3. The third kappa shape index (κ3) is 3.44. The number of carbonyl (C=O) groups is 1. The molecular formula is C19H17FN2O2. The Morgan fingerprint density at radius 1 is 1.29 bits per heavy atom. The van der Waals surface area contributed by atoms with E-state index in [-0.39, 0.29) is 30.7 Å². The van der Waals surface area contributed by atoms with Gasteiger partial charge in [0.05, 0.1) is 30.2 Å². The van der Waals surface area contributed by atoms with E-state index in [1.165, 1.54) is 12.1 Å². The molecule has 0 saturated carbocycles. The van der Waals surface area contributed by atoms with Gasteiger partial charge in [0, 0.05) is 6.54 Å². The molecule has 3 rings (SSSR count). The molecule has 5 heteroatoms. The lowest BCUT2D eigenvalue weighted by molar-refractivity contribution is -0.131. The highest BCUT2D eigenvalue weighted by Gasteiger charge is 2.35. The molecule has 24 heavy (non-hydrogen) atoms. The Morgan fingerprint density at radius 3 is 2.71 bits per heavy atom. The molecule has 1 saturated heterocycles. The average Bonchev–Trinajstić information content (AvgIpc) is 2.98. The summed E-state index contributed by atoms with van der Waals surface area (Å²) in [5.74, 6) is -0.473. The number of benzene rings is 2. The van der Waals surface area contributed by atoms with Crippen LogP contribution >= 0.6 is 0 Å². The molecule has 0 unspecified atom stereocenters. The summed E-state index contributed by atoms with van der Waals surface area (Å²) in [6.07, 6.45) is -0.0181. The lowest BCUT2D eigenvalue weighted by atomic mass is 10.0. The number of hydrogen-bond donors (Lipinski definition) is 1. The second kappa shape index (κ2) is 6.81. The van der Waals surface area contributed by atoms with Crippen LogP contribution in [0.1, 0.15) is 29.2 Å². The van der Waals surface area contributed by atoms with Gasteiger partial charge in [-0.15, -0.1) is 0 Å². The van der Waals surface area contributed by atoms with Crippen LogP contribution in [0.4, 0.5) is 4.39 Å². The van der Waals surface area contributed by atoms with Gasteiger partial charge >= 0.3 is 0 Å². The van der Waals surface area contributed by atoms with E-state index in [2.05, 4.69) is 0 Å². The smallest absolute Gasteiger partial charge is 0.227 e. The fourth-order valence-corrected chi connectivity index (χ4v) is 3.09. The van der Waals surface area contributed by atoms with Crippen LogP contribution in [0, 0.1) is 17.1 Å². The number of nitrogens with zero attached hydrogens (tertiary/aromatic N) is 2. The van der Waals surface area contributed by atoms with Crippen molar-refractivity contribution < 1.29 is 14.3 Å². The molecule has 1 aliphatic heterocycles. The van der Waals surface area contributed by atoms with Gasteiger partial charge in [-0.1, -0.05) is 24.3 Å². The maximum absolute atomic E-state index is 13.5. The predicted octanol–water partition coefficient (Wildman–Crippen LogP) is 2.57. The van der Waals surface area contributed by atoms with E-state index >= 15 is 0 Å². The summed E-state index contributed by atoms with van der Waals surface area (Å²) < 4.78 is 13.5. The van der Waals surface area contributed by atoms with Crippen molar-refractivity contribution in [2.24, 2.45) is 0 Å². The Hall–Kier alpha value is -2.71. The van der Waals surface area contributed by atoms with Crippen molar-refractivity contribution in [3.8, 4) is 6.07 Å². The first-order chi connectivity index (χ1) is 11.6. The Bertz CT molecular complexity index is 783. The summed E-state index contributed by atoms with van der Waals surface area (Å²) in [6, 6.07) is 14.7. The summed E-state index contributed by atoms with van der Waals surface area (Å²) in [5, 5.41) is 18.8. The molecule has 0 aliphatic carbocycles. The standard InChI is InChI=1S/C19H17FN2O2/c20-16-3-1-2-15(9-16)18-10-17(23)12-22(18)19(24)8-13-4-6-14(11-21)7-5-13/h1-7,9,17-18,23H,8,10,12H2/t17-,18+/m1/s1. The van der Waals surface area contributed by atoms with E-state index in [1.807, 2.05) is 6.07 Å². The van der Waals surface area contributed by atoms with Gasteiger partial charge in [-0.25, -0.2) is 4.39 Å². The molecule has 0 radical (unpaired) electrons. The minimum absolute atomic E-state index is 0.120. The largest absolute Gasteiger partial charge is 0.391 e. The van der Waals surface area contributed by atoms with Crippen molar-refractivity contribution in [3.63, 3.8) is 0 Å². The van der Waals surface area contributed by atoms with Crippen LogP contribution in [0.25, 0.3) is 0 Å². The molecule has 0 bridgehead atoms. The van der Waals surface area contributed by atoms with Crippen LogP contribution in [-0.4, -0.2) is 28.6 Å². The Kier molecular flexibility index (Phi) is 4.59. The maximum atomic E-state index is 13.5. The van der Waals surface area contributed by atoms with E-state index < -0.39 is 6.10 Å². The Morgan fingerprint density at radius 2 is 2.04 bits per heavy atom. The zero-order valence-corrected chi connectivity index (χ0v) is 13.0. The first-order valence-electron chi connectivity index (χ1n) is 7.79. The summed E-state index contributed by atoms with van der Waals surface area (Å²) in [6.45, 7) is 0.246. The number of aliphatic hydroxyl groups excluding tert-OH is 1. The lowest BCUT2D eigenvalue weighted by Crippen LogP contribution is -2.33. The maximum Gasteiger partial charge on any atom is 0.227 e. The van der Waals surface area contributed by atoms with Crippen LogP contribution in [-0.2, 0) is 11.2 Å². The van der Waals surface area contributed by atoms with Crippen LogP contribution in [0.3, 0.4) is 0 Å². The van der Waals surface area contributed by atoms with Gasteiger partial charge in [-0.05, 0) is 41.8 Å². The van der Waals surface area contributed by atoms with Crippen LogP contribution in [0.15, 0.2) is 48.5 Å². The second-order valence-electron chi connectivity index (χ2n) is 5.99. The van der Waals surface area contributed by atoms with Gasteiger partial charge in [-0.2, -0.15) is 5.26 Å². The van der Waals surface area contributed by atoms with Crippen molar-refractivity contribution >= 4 is 5.91 Å². The van der Waals surface area contributed by atoms with Crippen molar-refractivity contribution in [1.29, 1.82) is 5.26 Å². The monoisotopic (exact) mass is 324 g/mol. The van der Waals surface area contributed by atoms with E-state index in [1.54, 1.807) is 41.3 Å². The van der Waals surface area contributed by atoms with Gasteiger partial charge in [0.15, 0.2) is 0 Å². The predicted molar refractivity (Wildman–Crippen MR) is 86.3 cm³/mol. The Labute approximate surface area is 139 Å². The molecule has 0 spiro atoms. The van der Waals surface area contributed by atoms with Gasteiger partial charge in [0.2, 0.25) is 5.91 Å². The van der Waals surface area contributed by atoms with Crippen molar-refractivity contribution in [1.82, 2.24) is 4.90 Å². The summed E-state index contributed by atoms with van der Waals surface area (Å²) in [4.78, 5) is 14.2. The molecule has 2 aromatic carbocycles. The van der Waals surface area contributed by atoms with Crippen LogP contribution in [0.2, 0.25) is 0 Å². The first-order valence-corrected chi connectivity index (χ1v) is 7.79. The molecule has 1 amide bonds. The fourth-order valence-electron chi connectivity index (χ4n) is 3.09. The zero-order chi connectivity index (χ0) is 17.1. The van der Waals surface area contributed by atoms with Gasteiger partial charge in [-0.3, -0.25) is 4.79 Å². The van der Waals surface area contributed by atoms with E-state index in [9.17, 15) is 14.3 Å².